The van der Waals surface area contributed by atoms with Crippen molar-refractivity contribution in [3.05, 3.63) is 0 Å². The smallest absolute Gasteiger partial charge is 0.313 e. The molecule has 6 aliphatic carbocycles. The number of ether oxygens (including phenoxy) is 1. The molecule has 6 aliphatic rings. The van der Waals surface area contributed by atoms with E-state index in [2.05, 4.69) is 0 Å². The van der Waals surface area contributed by atoms with Gasteiger partial charge in [-0.05, 0) is 136 Å². The molecule has 0 radical (unpaired) electrons. The average molecular weight is 651 g/mol. The lowest BCUT2D eigenvalue weighted by Gasteiger charge is -2.55. The summed E-state index contributed by atoms with van der Waals surface area (Å²) in [7, 11) is 0. The lowest BCUT2D eigenvalue weighted by Crippen LogP contribution is -2.47. The molecule has 0 N–H and O–H groups in total. The van der Waals surface area contributed by atoms with Gasteiger partial charge in [0.25, 0.3) is 0 Å². The zero-order valence-corrected chi connectivity index (χ0v) is 30.7. The monoisotopic (exact) mass is 651 g/mol. The molecule has 0 aromatic heterocycles. The average Bonchev–Trinajstić information content (AvgIpc) is 3.15. The van der Waals surface area contributed by atoms with Gasteiger partial charge in [0.2, 0.25) is 0 Å². The molecule has 0 saturated heterocycles. The first-order valence-corrected chi connectivity index (χ1v) is 21.9. The van der Waals surface area contributed by atoms with Crippen molar-refractivity contribution in [2.24, 2.45) is 46.3 Å². The Labute approximate surface area is 290 Å². The van der Waals surface area contributed by atoms with Crippen molar-refractivity contribution >= 4 is 11.9 Å². The van der Waals surface area contributed by atoms with Crippen LogP contribution in [0.2, 0.25) is 0 Å². The minimum Gasteiger partial charge on any atom is -0.393 e. The van der Waals surface area contributed by atoms with Crippen LogP contribution >= 0.6 is 0 Å². The first-order chi connectivity index (χ1) is 23.1. The van der Waals surface area contributed by atoms with Crippen molar-refractivity contribution in [2.75, 3.05) is 0 Å². The van der Waals surface area contributed by atoms with Crippen molar-refractivity contribution in [3.8, 4) is 0 Å². The van der Waals surface area contributed by atoms with E-state index >= 15 is 0 Å². The summed E-state index contributed by atoms with van der Waals surface area (Å²) in [5.74, 6) is 4.24. The third-order valence-electron chi connectivity index (χ3n) is 15.9. The molecule has 0 aromatic rings. The summed E-state index contributed by atoms with van der Waals surface area (Å²) in [4.78, 5) is 27.5. The highest BCUT2D eigenvalue weighted by molar-refractivity contribution is 5.85. The number of carbonyl (C=O) groups excluding carboxylic acids is 2. The maximum absolute atomic E-state index is 13.7. The maximum atomic E-state index is 13.7. The minimum absolute atomic E-state index is 0.194. The molecular formula is C44H74O3. The lowest BCUT2D eigenvalue weighted by molar-refractivity contribution is -0.162. The molecule has 6 fully saturated rings. The van der Waals surface area contributed by atoms with Crippen LogP contribution in [-0.4, -0.2) is 11.9 Å². The number of hydrogen-bond acceptors (Lipinski definition) is 3. The first-order valence-electron chi connectivity index (χ1n) is 21.9. The van der Waals surface area contributed by atoms with Gasteiger partial charge in [-0.2, -0.15) is 0 Å². The van der Waals surface area contributed by atoms with E-state index in [0.29, 0.717) is 23.7 Å². The molecule has 6 rings (SSSR count). The van der Waals surface area contributed by atoms with Gasteiger partial charge in [-0.1, -0.05) is 116 Å². The van der Waals surface area contributed by atoms with Crippen LogP contribution in [0.3, 0.4) is 0 Å². The van der Waals surface area contributed by atoms with Gasteiger partial charge >= 0.3 is 11.9 Å². The predicted molar refractivity (Wildman–Crippen MR) is 194 cm³/mol. The van der Waals surface area contributed by atoms with Crippen LogP contribution in [0.4, 0.5) is 0 Å². The second-order valence-corrected chi connectivity index (χ2v) is 18.1. The van der Waals surface area contributed by atoms with E-state index in [0.717, 1.165) is 48.3 Å². The van der Waals surface area contributed by atoms with Gasteiger partial charge < -0.3 is 4.74 Å². The van der Waals surface area contributed by atoms with E-state index in [9.17, 15) is 9.59 Å². The van der Waals surface area contributed by atoms with Gasteiger partial charge in [-0.3, -0.25) is 9.59 Å². The molecule has 0 atom stereocenters. The van der Waals surface area contributed by atoms with Gasteiger partial charge in [0, 0.05) is 12.8 Å². The van der Waals surface area contributed by atoms with E-state index in [4.69, 9.17) is 4.74 Å². The van der Waals surface area contributed by atoms with E-state index < -0.39 is 0 Å². The second kappa shape index (κ2) is 17.9. The summed E-state index contributed by atoms with van der Waals surface area (Å²) < 4.78 is 5.89. The highest BCUT2D eigenvalue weighted by Gasteiger charge is 2.52. The molecule has 0 aromatic carbocycles. The normalized spacial score (nSPS) is 26.3. The molecule has 6 saturated carbocycles. The Morgan fingerprint density at radius 1 is 0.340 bits per heavy atom. The molecular weight excluding hydrogens is 576 g/mol. The maximum Gasteiger partial charge on any atom is 0.313 e. The Bertz CT molecular complexity index is 766. The Morgan fingerprint density at radius 2 is 0.532 bits per heavy atom. The largest absolute Gasteiger partial charge is 0.393 e. The van der Waals surface area contributed by atoms with E-state index in [-0.39, 0.29) is 11.9 Å². The summed E-state index contributed by atoms with van der Waals surface area (Å²) in [6.45, 7) is 0. The molecule has 0 bridgehead atoms. The first kappa shape index (κ1) is 35.9. The van der Waals surface area contributed by atoms with Crippen LogP contribution in [0.5, 0.6) is 0 Å². The Balaban J connectivity index is 1.15. The Morgan fingerprint density at radius 3 is 0.723 bits per heavy atom. The molecule has 47 heavy (non-hydrogen) atoms. The third kappa shape index (κ3) is 8.55. The molecule has 0 aliphatic heterocycles. The van der Waals surface area contributed by atoms with Gasteiger partial charge in [-0.25, -0.2) is 0 Å². The Kier molecular flexibility index (Phi) is 13.7. The summed E-state index contributed by atoms with van der Waals surface area (Å²) in [5.41, 5.74) is 0.586. The number of esters is 2. The summed E-state index contributed by atoms with van der Waals surface area (Å²) in [5, 5.41) is 0. The van der Waals surface area contributed by atoms with Crippen molar-refractivity contribution in [1.82, 2.24) is 0 Å². The molecule has 0 spiro atoms. The zero-order chi connectivity index (χ0) is 32.4. The van der Waals surface area contributed by atoms with Crippen molar-refractivity contribution in [2.45, 2.75) is 218 Å². The van der Waals surface area contributed by atoms with E-state index in [1.165, 1.54) is 193 Å². The van der Waals surface area contributed by atoms with Crippen molar-refractivity contribution < 1.29 is 14.3 Å². The fraction of sp³-hybridized carbons (Fsp3) is 0.955. The number of hydrogen-bond donors (Lipinski definition) is 0. The van der Waals surface area contributed by atoms with Crippen molar-refractivity contribution in [1.29, 1.82) is 0 Å². The standard InChI is InChI=1S/C44H74O3/c45-41(31-33-43(35-19-7-1-8-20-35,36-21-9-2-10-22-36)37-23-11-3-12-24-37)47-42(46)32-34-44(38-25-13-4-14-26-38,39-27-15-5-16-28-39)40-29-17-6-18-30-40/h35-40H,1-34H2. The van der Waals surface area contributed by atoms with Crippen molar-refractivity contribution in [3.63, 3.8) is 0 Å². The SMILES string of the molecule is O=C(CCC(C1CCCCC1)(C1CCCCC1)C1CCCCC1)OC(=O)CCC(C1CCCCC1)(C1CCCCC1)C1CCCCC1. The van der Waals surface area contributed by atoms with E-state index in [1.807, 2.05) is 0 Å². The fourth-order valence-electron chi connectivity index (χ4n) is 13.9. The van der Waals surface area contributed by atoms with Crippen LogP contribution in [-0.2, 0) is 14.3 Å². The van der Waals surface area contributed by atoms with Crippen LogP contribution < -0.4 is 0 Å². The third-order valence-corrected chi connectivity index (χ3v) is 15.9. The summed E-state index contributed by atoms with van der Waals surface area (Å²) >= 11 is 0. The quantitative estimate of drug-likeness (QED) is 0.156. The fourth-order valence-corrected chi connectivity index (χ4v) is 13.9. The topological polar surface area (TPSA) is 43.4 Å². The highest BCUT2D eigenvalue weighted by Crippen LogP contribution is 2.60. The molecule has 0 heterocycles. The summed E-state index contributed by atoms with van der Waals surface area (Å²) in [6.07, 6.45) is 44.1. The van der Waals surface area contributed by atoms with Crippen LogP contribution in [0, 0.1) is 46.3 Å². The second-order valence-electron chi connectivity index (χ2n) is 18.1. The van der Waals surface area contributed by atoms with Gasteiger partial charge in [-0.15, -0.1) is 0 Å². The molecule has 3 heteroatoms. The van der Waals surface area contributed by atoms with Crippen LogP contribution in [0.15, 0.2) is 0 Å². The number of carbonyl (C=O) groups is 2. The minimum atomic E-state index is -0.194. The molecule has 3 nitrogen and oxygen atoms in total. The van der Waals surface area contributed by atoms with Gasteiger partial charge in [0.15, 0.2) is 0 Å². The highest BCUT2D eigenvalue weighted by atomic mass is 16.6. The van der Waals surface area contributed by atoms with Gasteiger partial charge in [0.05, 0.1) is 0 Å². The lowest BCUT2D eigenvalue weighted by atomic mass is 9.50. The zero-order valence-electron chi connectivity index (χ0n) is 30.7. The van der Waals surface area contributed by atoms with Gasteiger partial charge in [0.1, 0.15) is 0 Å². The molecule has 268 valence electrons. The Hall–Kier alpha value is -0.860. The molecule has 0 unspecified atom stereocenters. The number of rotatable bonds is 12. The van der Waals surface area contributed by atoms with Crippen LogP contribution in [0.1, 0.15) is 218 Å². The summed E-state index contributed by atoms with van der Waals surface area (Å²) in [6, 6.07) is 0. The van der Waals surface area contributed by atoms with Crippen LogP contribution in [0.25, 0.3) is 0 Å². The van der Waals surface area contributed by atoms with E-state index in [1.54, 1.807) is 0 Å². The molecule has 0 amide bonds. The predicted octanol–water partition coefficient (Wildman–Crippen LogP) is 13.1.